The molecule has 4 aromatic rings. The van der Waals surface area contributed by atoms with E-state index >= 15 is 0 Å². The first-order valence-corrected chi connectivity index (χ1v) is 10.4. The molecule has 0 spiro atoms. The second kappa shape index (κ2) is 9.66. The van der Waals surface area contributed by atoms with Gasteiger partial charge in [0, 0.05) is 39.9 Å². The van der Waals surface area contributed by atoms with Gasteiger partial charge in [-0.2, -0.15) is 0 Å². The highest BCUT2D eigenvalue weighted by molar-refractivity contribution is 7.10. The number of hydrogen-bond donors (Lipinski definition) is 2. The lowest BCUT2D eigenvalue weighted by molar-refractivity contribution is -0.384. The number of carbonyl (C=O) groups is 2. The van der Waals surface area contributed by atoms with Crippen LogP contribution in [0.15, 0.2) is 76.5 Å². The van der Waals surface area contributed by atoms with Gasteiger partial charge in [0.1, 0.15) is 0 Å². The topological polar surface area (TPSA) is 140 Å². The fourth-order valence-corrected chi connectivity index (χ4v) is 3.37. The van der Waals surface area contributed by atoms with Gasteiger partial charge in [-0.15, -0.1) is 16.4 Å². The van der Waals surface area contributed by atoms with Crippen LogP contribution in [-0.4, -0.2) is 26.9 Å². The summed E-state index contributed by atoms with van der Waals surface area (Å²) in [5.74, 6) is -0.747. The molecule has 0 saturated heterocycles. The molecule has 0 aliphatic rings. The number of benzene rings is 2. The summed E-state index contributed by atoms with van der Waals surface area (Å²) >= 11 is 1.51. The van der Waals surface area contributed by atoms with Gasteiger partial charge in [-0.05, 0) is 47.9 Å². The Hall–Kier alpha value is -4.64. The number of hydrogen-bond acceptors (Lipinski definition) is 8. The minimum absolute atomic E-state index is 0.0687. The number of nitro groups is 1. The van der Waals surface area contributed by atoms with Gasteiger partial charge in [0.05, 0.1) is 4.92 Å². The molecule has 0 bridgehead atoms. The number of anilines is 2. The Morgan fingerprint density at radius 2 is 1.85 bits per heavy atom. The summed E-state index contributed by atoms with van der Waals surface area (Å²) in [5.41, 5.74) is 1.11. The molecular weight excluding hydrogens is 446 g/mol. The van der Waals surface area contributed by atoms with E-state index in [1.54, 1.807) is 24.3 Å². The fraction of sp³-hybridized carbons (Fsp3) is 0. The summed E-state index contributed by atoms with van der Waals surface area (Å²) in [7, 11) is 0. The molecule has 0 saturated carbocycles. The van der Waals surface area contributed by atoms with E-state index < -0.39 is 10.8 Å². The molecule has 0 unspecified atom stereocenters. The zero-order chi connectivity index (χ0) is 23.2. The number of thiophene rings is 1. The van der Waals surface area contributed by atoms with Crippen molar-refractivity contribution < 1.29 is 18.9 Å². The quantitative estimate of drug-likeness (QED) is 0.233. The molecular formula is C22H15N5O5S. The van der Waals surface area contributed by atoms with E-state index in [0.717, 1.165) is 4.88 Å². The van der Waals surface area contributed by atoms with Crippen LogP contribution in [0.2, 0.25) is 0 Å². The average Bonchev–Trinajstić information content (AvgIpc) is 3.50. The minimum atomic E-state index is -0.515. The van der Waals surface area contributed by atoms with Gasteiger partial charge in [-0.3, -0.25) is 25.0 Å². The first-order chi connectivity index (χ1) is 16.0. The standard InChI is InChI=1S/C22H15N5O5S/c28-19(11-10-18-5-2-12-33-18)23-16-4-1-3-15(13-16)20(29)24-22-26-25-21(32-22)14-6-8-17(9-7-14)27(30)31/h1-13H,(H,23,28)(H,24,26,29)/b11-10+. The molecule has 11 heteroatoms. The largest absolute Gasteiger partial charge is 0.403 e. The first-order valence-electron chi connectivity index (χ1n) is 9.50. The number of non-ortho nitro benzene ring substituents is 1. The normalized spacial score (nSPS) is 10.8. The summed E-state index contributed by atoms with van der Waals surface area (Å²) in [6, 6.07) is 15.6. The van der Waals surface area contributed by atoms with E-state index in [-0.39, 0.29) is 29.1 Å². The van der Waals surface area contributed by atoms with Crippen molar-refractivity contribution in [3.05, 3.63) is 92.7 Å². The van der Waals surface area contributed by atoms with Gasteiger partial charge in [0.2, 0.25) is 11.8 Å². The van der Waals surface area contributed by atoms with Crippen LogP contribution < -0.4 is 10.6 Å². The summed E-state index contributed by atoms with van der Waals surface area (Å²) in [6.45, 7) is 0. The molecule has 164 valence electrons. The number of aromatic nitrogens is 2. The number of amides is 2. The third-order valence-electron chi connectivity index (χ3n) is 4.30. The van der Waals surface area contributed by atoms with E-state index in [9.17, 15) is 19.7 Å². The number of nitro benzene ring substituents is 1. The number of nitrogens with zero attached hydrogens (tertiary/aromatic N) is 3. The van der Waals surface area contributed by atoms with Crippen LogP contribution in [0.25, 0.3) is 17.5 Å². The predicted octanol–water partition coefficient (Wildman–Crippen LogP) is 4.61. The molecule has 10 nitrogen and oxygen atoms in total. The third kappa shape index (κ3) is 5.54. The molecule has 0 aliphatic heterocycles. The van der Waals surface area contributed by atoms with Gasteiger partial charge < -0.3 is 9.73 Å². The maximum atomic E-state index is 12.6. The fourth-order valence-electron chi connectivity index (χ4n) is 2.75. The van der Waals surface area contributed by atoms with Crippen molar-refractivity contribution in [2.24, 2.45) is 0 Å². The molecule has 0 atom stereocenters. The zero-order valence-corrected chi connectivity index (χ0v) is 17.6. The lowest BCUT2D eigenvalue weighted by atomic mass is 10.2. The van der Waals surface area contributed by atoms with E-state index in [0.29, 0.717) is 11.3 Å². The van der Waals surface area contributed by atoms with Crippen molar-refractivity contribution in [1.29, 1.82) is 0 Å². The first kappa shape index (κ1) is 21.6. The van der Waals surface area contributed by atoms with Gasteiger partial charge in [0.25, 0.3) is 11.6 Å². The van der Waals surface area contributed by atoms with Gasteiger partial charge in [-0.1, -0.05) is 17.2 Å². The Labute approximate surface area is 190 Å². The Bertz CT molecular complexity index is 1330. The Balaban J connectivity index is 1.40. The molecule has 0 aliphatic carbocycles. The third-order valence-corrected chi connectivity index (χ3v) is 5.14. The maximum absolute atomic E-state index is 12.6. The predicted molar refractivity (Wildman–Crippen MR) is 123 cm³/mol. The van der Waals surface area contributed by atoms with E-state index in [1.165, 1.54) is 47.7 Å². The van der Waals surface area contributed by atoms with Crippen molar-refractivity contribution >= 4 is 46.6 Å². The van der Waals surface area contributed by atoms with Gasteiger partial charge >= 0.3 is 6.01 Å². The summed E-state index contributed by atoms with van der Waals surface area (Å²) in [4.78, 5) is 35.9. The van der Waals surface area contributed by atoms with Crippen molar-refractivity contribution in [2.75, 3.05) is 10.6 Å². The molecule has 4 rings (SSSR count). The summed E-state index contributed by atoms with van der Waals surface area (Å²) < 4.78 is 5.42. The molecule has 2 heterocycles. The highest BCUT2D eigenvalue weighted by Gasteiger charge is 2.14. The molecule has 2 amide bonds. The Morgan fingerprint density at radius 1 is 1.03 bits per heavy atom. The maximum Gasteiger partial charge on any atom is 0.322 e. The van der Waals surface area contributed by atoms with Crippen molar-refractivity contribution in [2.45, 2.75) is 0 Å². The van der Waals surface area contributed by atoms with Crippen LogP contribution in [-0.2, 0) is 4.79 Å². The molecule has 2 N–H and O–H groups in total. The van der Waals surface area contributed by atoms with Crippen LogP contribution >= 0.6 is 11.3 Å². The highest BCUT2D eigenvalue weighted by atomic mass is 32.1. The van der Waals surface area contributed by atoms with Crippen LogP contribution in [0.1, 0.15) is 15.2 Å². The van der Waals surface area contributed by atoms with Crippen LogP contribution in [0.4, 0.5) is 17.4 Å². The van der Waals surface area contributed by atoms with E-state index in [2.05, 4.69) is 20.8 Å². The Morgan fingerprint density at radius 3 is 2.58 bits per heavy atom. The van der Waals surface area contributed by atoms with Crippen molar-refractivity contribution in [1.82, 2.24) is 10.2 Å². The molecule has 2 aromatic heterocycles. The lowest BCUT2D eigenvalue weighted by Crippen LogP contribution is -2.13. The van der Waals surface area contributed by atoms with Gasteiger partial charge in [0.15, 0.2) is 0 Å². The lowest BCUT2D eigenvalue weighted by Gasteiger charge is -2.05. The smallest absolute Gasteiger partial charge is 0.322 e. The second-order valence-electron chi connectivity index (χ2n) is 6.59. The number of carbonyl (C=O) groups excluding carboxylic acids is 2. The van der Waals surface area contributed by atoms with E-state index in [1.807, 2.05) is 17.5 Å². The monoisotopic (exact) mass is 461 g/mol. The van der Waals surface area contributed by atoms with Crippen molar-refractivity contribution in [3.8, 4) is 11.5 Å². The zero-order valence-electron chi connectivity index (χ0n) is 16.8. The summed E-state index contributed by atoms with van der Waals surface area (Å²) in [6.07, 6.45) is 3.12. The van der Waals surface area contributed by atoms with Crippen LogP contribution in [0.3, 0.4) is 0 Å². The van der Waals surface area contributed by atoms with Gasteiger partial charge in [-0.25, -0.2) is 0 Å². The van der Waals surface area contributed by atoms with Crippen LogP contribution in [0.5, 0.6) is 0 Å². The average molecular weight is 461 g/mol. The molecule has 2 aromatic carbocycles. The summed E-state index contributed by atoms with van der Waals surface area (Å²) in [5, 5.41) is 25.5. The van der Waals surface area contributed by atoms with Crippen molar-refractivity contribution in [3.63, 3.8) is 0 Å². The number of rotatable bonds is 7. The number of nitrogens with one attached hydrogen (secondary N) is 2. The van der Waals surface area contributed by atoms with E-state index in [4.69, 9.17) is 4.42 Å². The Kier molecular flexibility index (Phi) is 6.32. The van der Waals surface area contributed by atoms with Crippen LogP contribution in [0, 0.1) is 10.1 Å². The highest BCUT2D eigenvalue weighted by Crippen LogP contribution is 2.23. The minimum Gasteiger partial charge on any atom is -0.403 e. The molecule has 33 heavy (non-hydrogen) atoms. The molecule has 0 radical (unpaired) electrons. The SMILES string of the molecule is O=C(/C=C/c1cccs1)Nc1cccc(C(=O)Nc2nnc(-c3ccc([N+](=O)[O-])cc3)o2)c1. The molecule has 0 fully saturated rings. The second-order valence-corrected chi connectivity index (χ2v) is 7.57.